The maximum atomic E-state index is 14.7. The zero-order chi connectivity index (χ0) is 31.8. The SMILES string of the molecule is C=C(CCCCC)C(=O)Cc1ccc(OCCC2CC2C(CCC)CCC=C(C)C(=NC(=C=CC)C(C)C)OC)cc1F. The first kappa shape index (κ1) is 36.3. The predicted molar refractivity (Wildman–Crippen MR) is 178 cm³/mol. The van der Waals surface area contributed by atoms with Crippen molar-refractivity contribution in [1.29, 1.82) is 0 Å². The number of ether oxygens (including phenoxy) is 2. The molecular formula is C38H56FNO3. The summed E-state index contributed by atoms with van der Waals surface area (Å²) >= 11 is 0. The summed E-state index contributed by atoms with van der Waals surface area (Å²) in [5.41, 5.74) is 6.18. The Morgan fingerprint density at radius 2 is 1.98 bits per heavy atom. The Morgan fingerprint density at radius 1 is 1.21 bits per heavy atom. The van der Waals surface area contributed by atoms with Gasteiger partial charge >= 0.3 is 0 Å². The van der Waals surface area contributed by atoms with E-state index in [0.29, 0.717) is 47.6 Å². The van der Waals surface area contributed by atoms with E-state index in [0.717, 1.165) is 55.7 Å². The molecule has 1 aliphatic carbocycles. The van der Waals surface area contributed by atoms with Gasteiger partial charge in [0, 0.05) is 24.0 Å². The van der Waals surface area contributed by atoms with Crippen molar-refractivity contribution in [3.63, 3.8) is 0 Å². The average Bonchev–Trinajstić information content (AvgIpc) is 3.75. The van der Waals surface area contributed by atoms with Crippen LogP contribution in [0, 0.1) is 29.5 Å². The molecule has 1 aromatic carbocycles. The Balaban J connectivity index is 1.84. The van der Waals surface area contributed by atoms with Crippen molar-refractivity contribution < 1.29 is 18.7 Å². The highest BCUT2D eigenvalue weighted by Crippen LogP contribution is 2.49. The summed E-state index contributed by atoms with van der Waals surface area (Å²) in [5, 5.41) is 0. The second-order valence-electron chi connectivity index (χ2n) is 12.3. The van der Waals surface area contributed by atoms with Gasteiger partial charge in [-0.1, -0.05) is 72.1 Å². The molecule has 1 saturated carbocycles. The lowest BCUT2D eigenvalue weighted by Gasteiger charge is -2.16. The first-order chi connectivity index (χ1) is 20.6. The van der Waals surface area contributed by atoms with E-state index in [2.05, 4.69) is 53.0 Å². The Bertz CT molecular complexity index is 1170. The van der Waals surface area contributed by atoms with Gasteiger partial charge in [-0.25, -0.2) is 9.38 Å². The lowest BCUT2D eigenvalue weighted by atomic mass is 9.91. The van der Waals surface area contributed by atoms with Crippen LogP contribution in [-0.2, 0) is 16.0 Å². The topological polar surface area (TPSA) is 47.9 Å². The molecule has 1 aliphatic rings. The molecule has 0 radical (unpaired) electrons. The van der Waals surface area contributed by atoms with Crippen LogP contribution in [0.15, 0.2) is 64.5 Å². The fraction of sp³-hybridized carbons (Fsp3) is 0.605. The van der Waals surface area contributed by atoms with Crippen molar-refractivity contribution in [2.45, 2.75) is 112 Å². The Labute approximate surface area is 261 Å². The molecular weight excluding hydrogens is 537 g/mol. The van der Waals surface area contributed by atoms with Gasteiger partial charge in [-0.3, -0.25) is 4.79 Å². The van der Waals surface area contributed by atoms with Crippen molar-refractivity contribution in [2.75, 3.05) is 13.7 Å². The predicted octanol–water partition coefficient (Wildman–Crippen LogP) is 10.4. The van der Waals surface area contributed by atoms with Gasteiger partial charge < -0.3 is 9.47 Å². The molecule has 1 fully saturated rings. The number of aliphatic imine (C=N–C) groups is 1. The molecule has 0 spiro atoms. The van der Waals surface area contributed by atoms with Gasteiger partial charge in [0.05, 0.1) is 19.4 Å². The van der Waals surface area contributed by atoms with E-state index in [9.17, 15) is 9.18 Å². The van der Waals surface area contributed by atoms with Gasteiger partial charge in [0.2, 0.25) is 5.90 Å². The lowest BCUT2D eigenvalue weighted by molar-refractivity contribution is -0.115. The summed E-state index contributed by atoms with van der Waals surface area (Å²) < 4.78 is 26.3. The Hall–Kier alpha value is -2.91. The number of ketones is 1. The van der Waals surface area contributed by atoms with Gasteiger partial charge in [0.1, 0.15) is 11.6 Å². The molecule has 2 rings (SSSR count). The highest BCUT2D eigenvalue weighted by molar-refractivity contribution is 5.96. The molecule has 3 atom stereocenters. The van der Waals surface area contributed by atoms with Gasteiger partial charge in [-0.05, 0) is 93.4 Å². The largest absolute Gasteiger partial charge is 0.493 e. The minimum atomic E-state index is -0.386. The minimum absolute atomic E-state index is 0.0557. The van der Waals surface area contributed by atoms with Crippen LogP contribution in [0.3, 0.4) is 0 Å². The van der Waals surface area contributed by atoms with Crippen molar-refractivity contribution in [2.24, 2.45) is 28.7 Å². The molecule has 238 valence electrons. The van der Waals surface area contributed by atoms with Crippen LogP contribution in [-0.4, -0.2) is 25.4 Å². The van der Waals surface area contributed by atoms with Gasteiger partial charge in [-0.2, -0.15) is 0 Å². The first-order valence-electron chi connectivity index (χ1n) is 16.5. The molecule has 0 aliphatic heterocycles. The number of methoxy groups -OCH3 is 1. The fourth-order valence-electron chi connectivity index (χ4n) is 5.72. The molecule has 0 N–H and O–H groups in total. The van der Waals surface area contributed by atoms with E-state index in [1.165, 1.54) is 25.3 Å². The number of allylic oxidation sites excluding steroid dienone is 3. The Kier molecular flexibility index (Phi) is 16.4. The zero-order valence-electron chi connectivity index (χ0n) is 27.9. The number of carbonyl (C=O) groups excluding carboxylic acids is 1. The molecule has 0 aromatic heterocycles. The summed E-state index contributed by atoms with van der Waals surface area (Å²) in [6.45, 7) is 17.1. The van der Waals surface area contributed by atoms with Crippen LogP contribution in [0.25, 0.3) is 0 Å². The molecule has 4 nitrogen and oxygen atoms in total. The van der Waals surface area contributed by atoms with Crippen LogP contribution < -0.4 is 4.74 Å². The number of hydrogen-bond donors (Lipinski definition) is 0. The molecule has 0 heterocycles. The third-order valence-corrected chi connectivity index (χ3v) is 8.43. The minimum Gasteiger partial charge on any atom is -0.493 e. The van der Waals surface area contributed by atoms with Gasteiger partial charge in [-0.15, -0.1) is 5.73 Å². The van der Waals surface area contributed by atoms with E-state index in [1.54, 1.807) is 19.2 Å². The summed E-state index contributed by atoms with van der Waals surface area (Å²) in [7, 11) is 1.68. The number of carbonyl (C=O) groups is 1. The number of nitrogens with zero attached hydrogens (tertiary/aromatic N) is 1. The van der Waals surface area contributed by atoms with Crippen LogP contribution in [0.5, 0.6) is 5.75 Å². The van der Waals surface area contributed by atoms with E-state index in [-0.39, 0.29) is 23.9 Å². The van der Waals surface area contributed by atoms with Crippen LogP contribution in [0.4, 0.5) is 4.39 Å². The quantitative estimate of drug-likeness (QED) is 0.0497. The van der Waals surface area contributed by atoms with Crippen LogP contribution in [0.2, 0.25) is 0 Å². The molecule has 0 bridgehead atoms. The first-order valence-corrected chi connectivity index (χ1v) is 16.5. The standard InChI is InChI=1S/C38H56FNO3/c1-9-12-13-17-28(6)37(41)25-32-20-21-33(26-35(32)39)43-23-22-31-24-34(31)30(15-10-2)19-14-18-29(7)38(42-8)40-36(16-11-3)27(4)5/h11,18,20-21,26-27,30-31,34H,6,9-10,12-15,17,19,22-25H2,1-5,7-8H3. The third kappa shape index (κ3) is 12.7. The zero-order valence-corrected chi connectivity index (χ0v) is 27.9. The van der Waals surface area contributed by atoms with E-state index >= 15 is 0 Å². The van der Waals surface area contributed by atoms with Crippen molar-refractivity contribution in [3.8, 4) is 5.75 Å². The highest BCUT2D eigenvalue weighted by Gasteiger charge is 2.41. The normalized spacial score (nSPS) is 17.3. The number of rotatable bonds is 20. The highest BCUT2D eigenvalue weighted by atomic mass is 19.1. The van der Waals surface area contributed by atoms with E-state index < -0.39 is 0 Å². The molecule has 3 unspecified atom stereocenters. The number of unbranched alkanes of at least 4 members (excludes halogenated alkanes) is 2. The summed E-state index contributed by atoms with van der Waals surface area (Å²) in [6.07, 6.45) is 14.8. The average molecular weight is 594 g/mol. The van der Waals surface area contributed by atoms with Crippen LogP contribution >= 0.6 is 0 Å². The molecule has 1 aromatic rings. The summed E-state index contributed by atoms with van der Waals surface area (Å²) in [5.74, 6) is 3.09. The number of Topliss-reactive ketones (excluding diaryl/α,β-unsaturated/α-hetero) is 1. The second-order valence-corrected chi connectivity index (χ2v) is 12.3. The number of halogens is 1. The maximum Gasteiger partial charge on any atom is 0.216 e. The third-order valence-electron chi connectivity index (χ3n) is 8.43. The summed E-state index contributed by atoms with van der Waals surface area (Å²) in [6, 6.07) is 4.87. The number of hydrogen-bond acceptors (Lipinski definition) is 4. The molecule has 0 amide bonds. The van der Waals surface area contributed by atoms with Crippen LogP contribution in [0.1, 0.15) is 111 Å². The van der Waals surface area contributed by atoms with Crippen molar-refractivity contribution in [3.05, 3.63) is 70.9 Å². The van der Waals surface area contributed by atoms with E-state index in [4.69, 9.17) is 14.5 Å². The lowest BCUT2D eigenvalue weighted by Crippen LogP contribution is -2.08. The molecule has 43 heavy (non-hydrogen) atoms. The molecule has 5 heteroatoms. The van der Waals surface area contributed by atoms with Crippen molar-refractivity contribution in [1.82, 2.24) is 0 Å². The maximum absolute atomic E-state index is 14.7. The monoisotopic (exact) mass is 593 g/mol. The Morgan fingerprint density at radius 3 is 2.60 bits per heavy atom. The smallest absolute Gasteiger partial charge is 0.216 e. The number of benzene rings is 1. The van der Waals surface area contributed by atoms with Gasteiger partial charge in [0.25, 0.3) is 0 Å². The van der Waals surface area contributed by atoms with Crippen molar-refractivity contribution >= 4 is 11.7 Å². The second kappa shape index (κ2) is 19.4. The summed E-state index contributed by atoms with van der Waals surface area (Å²) in [4.78, 5) is 17.2. The van der Waals surface area contributed by atoms with E-state index in [1.807, 2.05) is 13.0 Å². The fourth-order valence-corrected chi connectivity index (χ4v) is 5.72. The molecule has 0 saturated heterocycles. The van der Waals surface area contributed by atoms with Gasteiger partial charge in [0.15, 0.2) is 5.78 Å².